The van der Waals surface area contributed by atoms with Crippen molar-refractivity contribution in [1.82, 2.24) is 4.98 Å². The Morgan fingerprint density at radius 2 is 1.79 bits per heavy atom. The lowest BCUT2D eigenvalue weighted by atomic mass is 10.0. The van der Waals surface area contributed by atoms with E-state index in [-0.39, 0.29) is 11.3 Å². The van der Waals surface area contributed by atoms with Crippen molar-refractivity contribution >= 4 is 50.4 Å². The summed E-state index contributed by atoms with van der Waals surface area (Å²) in [5, 5.41) is 26.0. The van der Waals surface area contributed by atoms with Gasteiger partial charge in [-0.3, -0.25) is 10.1 Å². The van der Waals surface area contributed by atoms with Crippen LogP contribution in [0, 0.1) is 21.4 Å². The number of nitro groups is 1. The van der Waals surface area contributed by atoms with Gasteiger partial charge < -0.3 is 8.83 Å². The van der Waals surface area contributed by atoms with Crippen LogP contribution in [0.2, 0.25) is 0 Å². The molecule has 6 aromatic rings. The van der Waals surface area contributed by atoms with Gasteiger partial charge in [0.25, 0.3) is 5.69 Å². The van der Waals surface area contributed by atoms with Gasteiger partial charge in [-0.25, -0.2) is 9.78 Å². The Labute approximate surface area is 218 Å². The third kappa shape index (κ3) is 4.05. The molecule has 0 saturated carbocycles. The lowest BCUT2D eigenvalue weighted by Gasteiger charge is -2.04. The van der Waals surface area contributed by atoms with Crippen molar-refractivity contribution in [1.29, 1.82) is 5.26 Å². The van der Waals surface area contributed by atoms with Gasteiger partial charge in [-0.05, 0) is 41.1 Å². The van der Waals surface area contributed by atoms with Crippen LogP contribution in [-0.2, 0) is 0 Å². The van der Waals surface area contributed by atoms with Crippen LogP contribution in [0.15, 0.2) is 97.9 Å². The number of para-hydroxylation sites is 1. The van der Waals surface area contributed by atoms with Crippen LogP contribution in [0.3, 0.4) is 0 Å². The molecule has 0 aliphatic heterocycles. The Balaban J connectivity index is 1.37. The van der Waals surface area contributed by atoms with Crippen molar-refractivity contribution in [3.8, 4) is 28.7 Å². The van der Waals surface area contributed by atoms with Crippen molar-refractivity contribution in [2.75, 3.05) is 0 Å². The Morgan fingerprint density at radius 3 is 2.63 bits per heavy atom. The number of nitro benzene ring substituents is 1. The van der Waals surface area contributed by atoms with Gasteiger partial charge in [0.2, 0.25) is 0 Å². The molecule has 3 aromatic carbocycles. The van der Waals surface area contributed by atoms with Gasteiger partial charge in [0.05, 0.1) is 27.3 Å². The van der Waals surface area contributed by atoms with Crippen molar-refractivity contribution in [3.63, 3.8) is 0 Å². The minimum atomic E-state index is -0.521. The fourth-order valence-electron chi connectivity index (χ4n) is 4.27. The maximum atomic E-state index is 12.8. The van der Waals surface area contributed by atoms with Gasteiger partial charge in [-0.15, -0.1) is 11.3 Å². The zero-order valence-corrected chi connectivity index (χ0v) is 20.3. The largest absolute Gasteiger partial charge is 0.456 e. The lowest BCUT2D eigenvalue weighted by Crippen LogP contribution is -2.03. The standard InChI is InChI=1S/C29H15N3O5S/c30-15-18(13-19-10-12-26(36-19)21-7-3-4-8-25(21)32(34)35)28-31-24(16-38-28)23-14-22-20-6-2-1-5-17(20)9-11-27(22)37-29(23)33/h1-14,16H/b18-13+. The first-order chi connectivity index (χ1) is 18.5. The number of furan rings is 1. The smallest absolute Gasteiger partial charge is 0.345 e. The van der Waals surface area contributed by atoms with Gasteiger partial charge in [0, 0.05) is 22.9 Å². The molecule has 0 N–H and O–H groups in total. The van der Waals surface area contributed by atoms with Gasteiger partial charge in [-0.1, -0.05) is 42.5 Å². The van der Waals surface area contributed by atoms with E-state index in [1.54, 1.807) is 47.8 Å². The number of fused-ring (bicyclic) bond motifs is 3. The Hall–Kier alpha value is -5.33. The topological polar surface area (TPSA) is 123 Å². The summed E-state index contributed by atoms with van der Waals surface area (Å²) < 4.78 is 11.4. The molecule has 9 heteroatoms. The number of rotatable bonds is 5. The van der Waals surface area contributed by atoms with Crippen LogP contribution in [-0.4, -0.2) is 9.91 Å². The third-order valence-corrected chi connectivity index (χ3v) is 6.93. The summed E-state index contributed by atoms with van der Waals surface area (Å²) >= 11 is 1.21. The zero-order chi connectivity index (χ0) is 26.2. The molecular weight excluding hydrogens is 502 g/mol. The van der Waals surface area contributed by atoms with Gasteiger partial charge in [0.15, 0.2) is 0 Å². The second-order valence-electron chi connectivity index (χ2n) is 8.33. The number of hydrogen-bond acceptors (Lipinski definition) is 8. The average Bonchev–Trinajstić information content (AvgIpc) is 3.61. The van der Waals surface area contributed by atoms with E-state index in [4.69, 9.17) is 8.83 Å². The molecule has 3 heterocycles. The van der Waals surface area contributed by atoms with Crippen LogP contribution >= 0.6 is 11.3 Å². The van der Waals surface area contributed by atoms with Crippen molar-refractivity contribution in [3.05, 3.63) is 116 Å². The van der Waals surface area contributed by atoms with Crippen LogP contribution in [0.1, 0.15) is 10.8 Å². The number of nitrogens with zero attached hydrogens (tertiary/aromatic N) is 3. The average molecular weight is 518 g/mol. The highest BCUT2D eigenvalue weighted by molar-refractivity contribution is 7.11. The number of hydrogen-bond donors (Lipinski definition) is 0. The highest BCUT2D eigenvalue weighted by Crippen LogP contribution is 2.33. The lowest BCUT2D eigenvalue weighted by molar-refractivity contribution is -0.384. The minimum absolute atomic E-state index is 0.0792. The zero-order valence-electron chi connectivity index (χ0n) is 19.5. The second-order valence-corrected chi connectivity index (χ2v) is 9.19. The Bertz CT molecular complexity index is 2010. The molecule has 6 rings (SSSR count). The van der Waals surface area contributed by atoms with E-state index < -0.39 is 10.5 Å². The quantitative estimate of drug-likeness (QED) is 0.0772. The van der Waals surface area contributed by atoms with Gasteiger partial charge >= 0.3 is 5.63 Å². The highest BCUT2D eigenvalue weighted by atomic mass is 32.1. The summed E-state index contributed by atoms with van der Waals surface area (Å²) in [6.07, 6.45) is 1.51. The van der Waals surface area contributed by atoms with Crippen LogP contribution in [0.5, 0.6) is 0 Å². The van der Waals surface area contributed by atoms with Crippen molar-refractivity contribution in [2.45, 2.75) is 0 Å². The maximum absolute atomic E-state index is 12.8. The summed E-state index contributed by atoms with van der Waals surface area (Å²) in [5.74, 6) is 0.643. The molecule has 3 aromatic heterocycles. The summed E-state index contributed by atoms with van der Waals surface area (Å²) in [5.41, 5.74) is 1.14. The third-order valence-electron chi connectivity index (χ3n) is 6.05. The molecular formula is C29H15N3O5S. The molecule has 0 amide bonds. The van der Waals surface area contributed by atoms with Crippen LogP contribution in [0.4, 0.5) is 5.69 Å². The molecule has 0 unspecified atom stereocenters. The molecule has 38 heavy (non-hydrogen) atoms. The molecule has 182 valence electrons. The number of thiazole rings is 1. The first-order valence-electron chi connectivity index (χ1n) is 11.4. The van der Waals surface area contributed by atoms with E-state index in [2.05, 4.69) is 11.1 Å². The Morgan fingerprint density at radius 1 is 0.974 bits per heavy atom. The van der Waals surface area contributed by atoms with E-state index >= 15 is 0 Å². The molecule has 0 fully saturated rings. The summed E-state index contributed by atoms with van der Waals surface area (Å²) in [7, 11) is 0. The molecule has 0 atom stereocenters. The van der Waals surface area contributed by atoms with E-state index in [1.807, 2.05) is 30.3 Å². The van der Waals surface area contributed by atoms with E-state index in [9.17, 15) is 20.2 Å². The number of nitriles is 1. The molecule has 0 saturated heterocycles. The fourth-order valence-corrected chi connectivity index (χ4v) is 5.06. The molecule has 8 nitrogen and oxygen atoms in total. The van der Waals surface area contributed by atoms with Gasteiger partial charge in [0.1, 0.15) is 28.2 Å². The predicted molar refractivity (Wildman–Crippen MR) is 145 cm³/mol. The normalized spacial score (nSPS) is 11.6. The Kier molecular flexibility index (Phi) is 5.64. The van der Waals surface area contributed by atoms with E-state index in [1.165, 1.54) is 23.5 Å². The van der Waals surface area contributed by atoms with Crippen LogP contribution in [0.25, 0.3) is 56.0 Å². The van der Waals surface area contributed by atoms with Crippen molar-refractivity contribution in [2.24, 2.45) is 0 Å². The summed E-state index contributed by atoms with van der Waals surface area (Å²) in [6.45, 7) is 0. The second kappa shape index (κ2) is 9.28. The summed E-state index contributed by atoms with van der Waals surface area (Å²) in [4.78, 5) is 28.2. The number of allylic oxidation sites excluding steroid dienone is 1. The fraction of sp³-hybridized carbons (Fsp3) is 0. The van der Waals surface area contributed by atoms with Gasteiger partial charge in [-0.2, -0.15) is 5.26 Å². The molecule has 0 aliphatic rings. The molecule has 0 radical (unpaired) electrons. The monoisotopic (exact) mass is 517 g/mol. The van der Waals surface area contributed by atoms with Crippen molar-refractivity contribution < 1.29 is 13.8 Å². The predicted octanol–water partition coefficient (Wildman–Crippen LogP) is 7.30. The minimum Gasteiger partial charge on any atom is -0.456 e. The SMILES string of the molecule is N#C/C(=C\c1ccc(-c2ccccc2[N+](=O)[O-])o1)c1nc(-c2cc3c(ccc4ccccc43)oc2=O)cs1. The number of aromatic nitrogens is 1. The first-order valence-corrected chi connectivity index (χ1v) is 12.3. The van der Waals surface area contributed by atoms with E-state index in [0.717, 1.165) is 16.2 Å². The maximum Gasteiger partial charge on any atom is 0.345 e. The molecule has 0 aliphatic carbocycles. The summed E-state index contributed by atoms with van der Waals surface area (Å²) in [6, 6.07) is 24.9. The molecule has 0 spiro atoms. The van der Waals surface area contributed by atoms with Crippen LogP contribution < -0.4 is 5.63 Å². The molecule has 0 bridgehead atoms. The highest BCUT2D eigenvalue weighted by Gasteiger charge is 2.18. The first kappa shape index (κ1) is 23.1. The number of benzene rings is 3. The van der Waals surface area contributed by atoms with E-state index in [0.29, 0.717) is 38.9 Å².